The molecule has 0 N–H and O–H groups in total. The molecule has 2 rings (SSSR count). The molecule has 2 aromatic carbocycles. The van der Waals surface area contributed by atoms with Crippen LogP contribution in [-0.2, 0) is 0 Å². The topological polar surface area (TPSA) is 35.5 Å². The second kappa shape index (κ2) is 7.14. The lowest BCUT2D eigenvalue weighted by Crippen LogP contribution is -2.10. The molecule has 0 atom stereocenters. The lowest BCUT2D eigenvalue weighted by molar-refractivity contribution is 0.111. The largest absolute Gasteiger partial charge is 0.490 e. The highest BCUT2D eigenvalue weighted by atomic mass is 35.5. The summed E-state index contributed by atoms with van der Waals surface area (Å²) in [4.78, 5) is 11.0. The summed E-state index contributed by atoms with van der Waals surface area (Å²) in [6, 6.07) is 11.0. The number of aryl methyl sites for hydroxylation is 2. The van der Waals surface area contributed by atoms with Gasteiger partial charge in [0.25, 0.3) is 0 Å². The molecule has 0 saturated carbocycles. The van der Waals surface area contributed by atoms with Crippen LogP contribution in [0.3, 0.4) is 0 Å². The smallest absolute Gasteiger partial charge is 0.153 e. The van der Waals surface area contributed by atoms with Crippen LogP contribution in [0.2, 0.25) is 5.02 Å². The van der Waals surface area contributed by atoms with Crippen LogP contribution in [0.25, 0.3) is 0 Å². The molecule has 0 spiro atoms. The van der Waals surface area contributed by atoms with Crippen LogP contribution in [0.4, 0.5) is 0 Å². The molecule has 110 valence electrons. The molecular formula is C17H17ClO3. The average Bonchev–Trinajstić information content (AvgIpc) is 2.48. The SMILES string of the molecule is Cc1ccc(OCCOc2ccc(Cl)c(C)c2)c(C=O)c1. The van der Waals surface area contributed by atoms with Crippen LogP contribution in [0.1, 0.15) is 21.5 Å². The van der Waals surface area contributed by atoms with Crippen molar-refractivity contribution in [2.24, 2.45) is 0 Å². The molecule has 21 heavy (non-hydrogen) atoms. The van der Waals surface area contributed by atoms with Crippen LogP contribution in [0.5, 0.6) is 11.5 Å². The lowest BCUT2D eigenvalue weighted by Gasteiger charge is -2.11. The van der Waals surface area contributed by atoms with Crippen molar-refractivity contribution in [3.8, 4) is 11.5 Å². The van der Waals surface area contributed by atoms with E-state index in [1.54, 1.807) is 18.2 Å². The summed E-state index contributed by atoms with van der Waals surface area (Å²) in [6.45, 7) is 4.62. The third-order valence-corrected chi connectivity index (χ3v) is 3.46. The first-order chi connectivity index (χ1) is 10.1. The monoisotopic (exact) mass is 304 g/mol. The van der Waals surface area contributed by atoms with Crippen molar-refractivity contribution >= 4 is 17.9 Å². The highest BCUT2D eigenvalue weighted by Gasteiger charge is 2.03. The normalized spacial score (nSPS) is 10.2. The predicted octanol–water partition coefficient (Wildman–Crippen LogP) is 4.23. The molecule has 0 amide bonds. The van der Waals surface area contributed by atoms with Gasteiger partial charge in [-0.3, -0.25) is 4.79 Å². The van der Waals surface area contributed by atoms with E-state index < -0.39 is 0 Å². The fourth-order valence-corrected chi connectivity index (χ4v) is 2.03. The van der Waals surface area contributed by atoms with Crippen molar-refractivity contribution in [3.05, 3.63) is 58.1 Å². The van der Waals surface area contributed by atoms with E-state index in [1.807, 2.05) is 32.0 Å². The van der Waals surface area contributed by atoms with Gasteiger partial charge in [0.05, 0.1) is 5.56 Å². The zero-order valence-electron chi connectivity index (χ0n) is 12.1. The number of aldehydes is 1. The van der Waals surface area contributed by atoms with Crippen LogP contribution >= 0.6 is 11.6 Å². The molecule has 2 aromatic rings. The molecule has 0 fully saturated rings. The second-order valence-electron chi connectivity index (χ2n) is 4.77. The van der Waals surface area contributed by atoms with E-state index in [0.29, 0.717) is 29.5 Å². The number of rotatable bonds is 6. The Morgan fingerprint density at radius 3 is 2.52 bits per heavy atom. The van der Waals surface area contributed by atoms with Crippen LogP contribution < -0.4 is 9.47 Å². The maximum Gasteiger partial charge on any atom is 0.153 e. The second-order valence-corrected chi connectivity index (χ2v) is 5.17. The van der Waals surface area contributed by atoms with Gasteiger partial charge in [-0.2, -0.15) is 0 Å². The molecule has 0 aliphatic heterocycles. The number of carbonyl (C=O) groups excluding carboxylic acids is 1. The predicted molar refractivity (Wildman–Crippen MR) is 83.7 cm³/mol. The van der Waals surface area contributed by atoms with E-state index in [2.05, 4.69) is 0 Å². The maximum absolute atomic E-state index is 11.0. The first-order valence-electron chi connectivity index (χ1n) is 6.68. The summed E-state index contributed by atoms with van der Waals surface area (Å²) in [7, 11) is 0. The van der Waals surface area contributed by atoms with E-state index in [4.69, 9.17) is 21.1 Å². The Bertz CT molecular complexity index is 638. The fourth-order valence-electron chi connectivity index (χ4n) is 1.91. The molecule has 0 bridgehead atoms. The molecule has 0 aliphatic carbocycles. The Morgan fingerprint density at radius 1 is 1.05 bits per heavy atom. The third-order valence-electron chi connectivity index (χ3n) is 3.03. The highest BCUT2D eigenvalue weighted by Crippen LogP contribution is 2.21. The summed E-state index contributed by atoms with van der Waals surface area (Å²) < 4.78 is 11.2. The van der Waals surface area contributed by atoms with Gasteiger partial charge in [-0.15, -0.1) is 0 Å². The van der Waals surface area contributed by atoms with Gasteiger partial charge in [0, 0.05) is 5.02 Å². The van der Waals surface area contributed by atoms with Crippen LogP contribution in [-0.4, -0.2) is 19.5 Å². The Hall–Kier alpha value is -2.00. The van der Waals surface area contributed by atoms with Crippen molar-refractivity contribution in [2.75, 3.05) is 13.2 Å². The molecular weight excluding hydrogens is 288 g/mol. The minimum atomic E-state index is 0.367. The standard InChI is InChI=1S/C17H17ClO3/c1-12-3-6-17(14(9-12)11-19)21-8-7-20-15-4-5-16(18)13(2)10-15/h3-6,9-11H,7-8H2,1-2H3. The summed E-state index contributed by atoms with van der Waals surface area (Å²) in [5.74, 6) is 1.33. The average molecular weight is 305 g/mol. The highest BCUT2D eigenvalue weighted by molar-refractivity contribution is 6.31. The van der Waals surface area contributed by atoms with Gasteiger partial charge in [0.2, 0.25) is 0 Å². The van der Waals surface area contributed by atoms with E-state index in [-0.39, 0.29) is 0 Å². The van der Waals surface area contributed by atoms with Crippen LogP contribution in [0, 0.1) is 13.8 Å². The Labute approximate surface area is 129 Å². The summed E-state index contributed by atoms with van der Waals surface area (Å²) >= 11 is 5.95. The van der Waals surface area contributed by atoms with Gasteiger partial charge < -0.3 is 9.47 Å². The maximum atomic E-state index is 11.0. The quantitative estimate of drug-likeness (QED) is 0.592. The number of halogens is 1. The molecule has 0 saturated heterocycles. The van der Waals surface area contributed by atoms with E-state index in [9.17, 15) is 4.79 Å². The van der Waals surface area contributed by atoms with E-state index in [1.165, 1.54) is 0 Å². The lowest BCUT2D eigenvalue weighted by atomic mass is 10.1. The van der Waals surface area contributed by atoms with E-state index >= 15 is 0 Å². The van der Waals surface area contributed by atoms with Crippen LogP contribution in [0.15, 0.2) is 36.4 Å². The molecule has 0 heterocycles. The number of ether oxygens (including phenoxy) is 2. The van der Waals surface area contributed by atoms with Crippen molar-refractivity contribution in [2.45, 2.75) is 13.8 Å². The van der Waals surface area contributed by atoms with Gasteiger partial charge in [-0.25, -0.2) is 0 Å². The minimum absolute atomic E-state index is 0.367. The first-order valence-corrected chi connectivity index (χ1v) is 7.05. The third kappa shape index (κ3) is 4.23. The zero-order chi connectivity index (χ0) is 15.2. The Morgan fingerprint density at radius 2 is 1.81 bits per heavy atom. The van der Waals surface area contributed by atoms with Gasteiger partial charge in [0.1, 0.15) is 24.7 Å². The molecule has 0 radical (unpaired) electrons. The minimum Gasteiger partial charge on any atom is -0.490 e. The van der Waals surface area contributed by atoms with Gasteiger partial charge in [-0.05, 0) is 49.7 Å². The molecule has 3 nitrogen and oxygen atoms in total. The summed E-state index contributed by atoms with van der Waals surface area (Å²) in [6.07, 6.45) is 0.797. The Balaban J connectivity index is 1.87. The molecule has 4 heteroatoms. The van der Waals surface area contributed by atoms with Crippen molar-refractivity contribution in [3.63, 3.8) is 0 Å². The molecule has 0 aromatic heterocycles. The number of carbonyl (C=O) groups is 1. The molecule has 0 aliphatic rings. The fraction of sp³-hybridized carbons (Fsp3) is 0.235. The number of hydrogen-bond donors (Lipinski definition) is 0. The number of hydrogen-bond acceptors (Lipinski definition) is 3. The summed E-state index contributed by atoms with van der Waals surface area (Å²) in [5, 5.41) is 0.717. The molecule has 0 unspecified atom stereocenters. The van der Waals surface area contributed by atoms with Crippen molar-refractivity contribution in [1.82, 2.24) is 0 Å². The van der Waals surface area contributed by atoms with Crippen molar-refractivity contribution in [1.29, 1.82) is 0 Å². The first kappa shape index (κ1) is 15.4. The summed E-state index contributed by atoms with van der Waals surface area (Å²) in [5.41, 5.74) is 2.55. The number of benzene rings is 2. The van der Waals surface area contributed by atoms with E-state index in [0.717, 1.165) is 23.2 Å². The van der Waals surface area contributed by atoms with Gasteiger partial charge >= 0.3 is 0 Å². The van der Waals surface area contributed by atoms with Gasteiger partial charge in [-0.1, -0.05) is 23.2 Å². The zero-order valence-corrected chi connectivity index (χ0v) is 12.8. The van der Waals surface area contributed by atoms with Crippen molar-refractivity contribution < 1.29 is 14.3 Å². The Kier molecular flexibility index (Phi) is 5.23. The van der Waals surface area contributed by atoms with Gasteiger partial charge in [0.15, 0.2) is 6.29 Å².